The van der Waals surface area contributed by atoms with E-state index in [1.54, 1.807) is 0 Å². The molecule has 5 N–H and O–H groups in total. The Balaban J connectivity index is 1.95. The molecular formula is C14H18O8. The van der Waals surface area contributed by atoms with Gasteiger partial charge in [-0.3, -0.25) is 4.79 Å². The van der Waals surface area contributed by atoms with E-state index in [9.17, 15) is 20.1 Å². The highest BCUT2D eigenvalue weighted by atomic mass is 16.7. The third-order valence-corrected chi connectivity index (χ3v) is 3.42. The number of hydrogen-bond acceptors (Lipinski definition) is 8. The van der Waals surface area contributed by atoms with Gasteiger partial charge in [0.1, 0.15) is 36.8 Å². The second-order valence-corrected chi connectivity index (χ2v) is 4.98. The summed E-state index contributed by atoms with van der Waals surface area (Å²) in [5.74, 6) is -0.400. The van der Waals surface area contributed by atoms with Gasteiger partial charge < -0.3 is 35.0 Å². The van der Waals surface area contributed by atoms with Gasteiger partial charge in [0.15, 0.2) is 12.1 Å². The summed E-state index contributed by atoms with van der Waals surface area (Å²) in [6.07, 6.45) is -7.03. The fourth-order valence-corrected chi connectivity index (χ4v) is 2.09. The third kappa shape index (κ3) is 3.61. The van der Waals surface area contributed by atoms with Crippen molar-refractivity contribution in [2.24, 2.45) is 0 Å². The summed E-state index contributed by atoms with van der Waals surface area (Å²) in [7, 11) is 0. The van der Waals surface area contributed by atoms with Gasteiger partial charge in [0.2, 0.25) is 0 Å². The Bertz CT molecular complexity index is 500. The van der Waals surface area contributed by atoms with Crippen LogP contribution < -0.4 is 0 Å². The van der Waals surface area contributed by atoms with Crippen LogP contribution >= 0.6 is 0 Å². The third-order valence-electron chi connectivity index (χ3n) is 3.42. The Morgan fingerprint density at radius 1 is 1.09 bits per heavy atom. The van der Waals surface area contributed by atoms with Crippen molar-refractivity contribution in [1.29, 1.82) is 0 Å². The molecule has 1 aliphatic rings. The molecule has 0 saturated carbocycles. The second kappa shape index (κ2) is 7.14. The number of carbonyl (C=O) groups is 1. The average molecular weight is 314 g/mol. The van der Waals surface area contributed by atoms with E-state index in [2.05, 4.69) is 0 Å². The van der Waals surface area contributed by atoms with Crippen LogP contribution in [0.25, 0.3) is 0 Å². The first kappa shape index (κ1) is 16.8. The highest BCUT2D eigenvalue weighted by Gasteiger charge is 2.44. The topological polar surface area (TPSA) is 137 Å². The Kier molecular flexibility index (Phi) is 5.46. The van der Waals surface area contributed by atoms with E-state index < -0.39 is 49.7 Å². The smallest absolute Gasteiger partial charge is 0.188 e. The van der Waals surface area contributed by atoms with Gasteiger partial charge in [0, 0.05) is 5.56 Å². The Labute approximate surface area is 126 Å². The lowest BCUT2D eigenvalue weighted by atomic mass is 9.99. The van der Waals surface area contributed by atoms with E-state index in [4.69, 9.17) is 19.7 Å². The van der Waals surface area contributed by atoms with Crippen molar-refractivity contribution in [2.75, 3.05) is 13.2 Å². The summed E-state index contributed by atoms with van der Waals surface area (Å²) >= 11 is 0. The predicted octanol–water partition coefficient (Wildman–Crippen LogP) is -1.61. The van der Waals surface area contributed by atoms with Crippen LogP contribution in [0, 0.1) is 0 Å². The maximum Gasteiger partial charge on any atom is 0.188 e. The molecule has 0 spiro atoms. The van der Waals surface area contributed by atoms with E-state index in [0.29, 0.717) is 5.56 Å². The number of hydrogen-bond donors (Lipinski definition) is 5. The van der Waals surface area contributed by atoms with E-state index in [1.807, 2.05) is 0 Å². The van der Waals surface area contributed by atoms with Crippen LogP contribution in [-0.4, -0.2) is 75.2 Å². The van der Waals surface area contributed by atoms with Crippen LogP contribution in [-0.2, 0) is 9.47 Å². The number of phenols is 1. The molecule has 1 aromatic rings. The first-order valence-electron chi connectivity index (χ1n) is 6.68. The van der Waals surface area contributed by atoms with Gasteiger partial charge >= 0.3 is 0 Å². The molecule has 0 bridgehead atoms. The first-order chi connectivity index (χ1) is 10.4. The number of ketones is 1. The summed E-state index contributed by atoms with van der Waals surface area (Å²) in [4.78, 5) is 11.9. The largest absolute Gasteiger partial charge is 0.508 e. The van der Waals surface area contributed by atoms with E-state index in [-0.39, 0.29) is 5.75 Å². The zero-order valence-electron chi connectivity index (χ0n) is 11.6. The van der Waals surface area contributed by atoms with Gasteiger partial charge in [-0.15, -0.1) is 0 Å². The molecule has 5 unspecified atom stereocenters. The lowest BCUT2D eigenvalue weighted by Gasteiger charge is -2.39. The normalized spacial score (nSPS) is 31.9. The van der Waals surface area contributed by atoms with Crippen LogP contribution in [0.15, 0.2) is 24.3 Å². The van der Waals surface area contributed by atoms with Crippen molar-refractivity contribution >= 4 is 5.78 Å². The molecule has 0 aromatic heterocycles. The molecular weight excluding hydrogens is 296 g/mol. The lowest BCUT2D eigenvalue weighted by molar-refractivity contribution is -0.298. The van der Waals surface area contributed by atoms with Crippen LogP contribution in [0.3, 0.4) is 0 Å². The fraction of sp³-hybridized carbons (Fsp3) is 0.500. The van der Waals surface area contributed by atoms with Crippen molar-refractivity contribution in [3.8, 4) is 5.75 Å². The molecule has 22 heavy (non-hydrogen) atoms. The zero-order valence-corrected chi connectivity index (χ0v) is 11.6. The molecule has 1 fully saturated rings. The number of Topliss-reactive ketones (excluding diaryl/α,β-unsaturated/α-hetero) is 1. The molecule has 1 aromatic carbocycles. The SMILES string of the molecule is O=C(COC1OC(CO)C(O)C(O)C1O)c1ccc(O)cc1. The molecule has 8 heteroatoms. The number of aliphatic hydroxyl groups is 4. The first-order valence-corrected chi connectivity index (χ1v) is 6.68. The monoisotopic (exact) mass is 314 g/mol. The van der Waals surface area contributed by atoms with Gasteiger partial charge in [0.05, 0.1) is 6.61 Å². The Morgan fingerprint density at radius 2 is 1.73 bits per heavy atom. The highest BCUT2D eigenvalue weighted by molar-refractivity contribution is 5.97. The summed E-state index contributed by atoms with van der Waals surface area (Å²) < 4.78 is 10.2. The van der Waals surface area contributed by atoms with Crippen molar-refractivity contribution in [3.05, 3.63) is 29.8 Å². The van der Waals surface area contributed by atoms with Crippen LogP contribution in [0.4, 0.5) is 0 Å². The zero-order chi connectivity index (χ0) is 16.3. The quantitative estimate of drug-likeness (QED) is 0.410. The van der Waals surface area contributed by atoms with E-state index in [0.717, 1.165) is 0 Å². The van der Waals surface area contributed by atoms with Gasteiger partial charge in [-0.1, -0.05) is 0 Å². The van der Waals surface area contributed by atoms with Crippen LogP contribution in [0.5, 0.6) is 5.75 Å². The van der Waals surface area contributed by atoms with Crippen molar-refractivity contribution < 1.29 is 39.8 Å². The Morgan fingerprint density at radius 3 is 2.32 bits per heavy atom. The van der Waals surface area contributed by atoms with Gasteiger partial charge in [-0.05, 0) is 24.3 Å². The van der Waals surface area contributed by atoms with Crippen molar-refractivity contribution in [3.63, 3.8) is 0 Å². The number of phenolic OH excluding ortho intramolecular Hbond substituents is 1. The second-order valence-electron chi connectivity index (χ2n) is 4.98. The number of carbonyl (C=O) groups excluding carboxylic acids is 1. The van der Waals surface area contributed by atoms with Crippen molar-refractivity contribution in [2.45, 2.75) is 30.7 Å². The molecule has 8 nitrogen and oxygen atoms in total. The molecule has 1 aliphatic heterocycles. The maximum atomic E-state index is 11.9. The maximum absolute atomic E-state index is 11.9. The number of aliphatic hydroxyl groups excluding tert-OH is 4. The van der Waals surface area contributed by atoms with E-state index in [1.165, 1.54) is 24.3 Å². The molecule has 1 saturated heterocycles. The minimum atomic E-state index is -1.56. The van der Waals surface area contributed by atoms with Gasteiger partial charge in [0.25, 0.3) is 0 Å². The summed E-state index contributed by atoms with van der Waals surface area (Å²) in [6.45, 7) is -1.01. The minimum absolute atomic E-state index is 0.0198. The summed E-state index contributed by atoms with van der Waals surface area (Å²) in [5, 5.41) is 47.2. The highest BCUT2D eigenvalue weighted by Crippen LogP contribution is 2.22. The van der Waals surface area contributed by atoms with Crippen LogP contribution in [0.2, 0.25) is 0 Å². The van der Waals surface area contributed by atoms with Gasteiger partial charge in [-0.2, -0.15) is 0 Å². The molecule has 0 amide bonds. The molecule has 1 heterocycles. The number of rotatable bonds is 5. The molecule has 0 aliphatic carbocycles. The molecule has 0 radical (unpaired) electrons. The molecule has 2 rings (SSSR count). The number of aromatic hydroxyl groups is 1. The molecule has 122 valence electrons. The lowest BCUT2D eigenvalue weighted by Crippen LogP contribution is -2.59. The van der Waals surface area contributed by atoms with Crippen molar-refractivity contribution in [1.82, 2.24) is 0 Å². The Hall–Kier alpha value is -1.55. The average Bonchev–Trinajstić information content (AvgIpc) is 2.52. The standard InChI is InChI=1S/C14H18O8/c15-5-10-11(18)12(19)13(20)14(22-10)21-6-9(17)7-1-3-8(16)4-2-7/h1-4,10-16,18-20H,5-6H2. The minimum Gasteiger partial charge on any atom is -0.508 e. The van der Waals surface area contributed by atoms with Gasteiger partial charge in [-0.25, -0.2) is 0 Å². The van der Waals surface area contributed by atoms with E-state index >= 15 is 0 Å². The number of ether oxygens (including phenoxy) is 2. The predicted molar refractivity (Wildman–Crippen MR) is 72.2 cm³/mol. The summed E-state index contributed by atoms with van der Waals surface area (Å²) in [5.41, 5.74) is 0.294. The summed E-state index contributed by atoms with van der Waals surface area (Å²) in [6, 6.07) is 5.52. The number of benzene rings is 1. The molecule has 5 atom stereocenters. The van der Waals surface area contributed by atoms with Crippen LogP contribution in [0.1, 0.15) is 10.4 Å². The fourth-order valence-electron chi connectivity index (χ4n) is 2.09.